The molecule has 0 atom stereocenters. The lowest BCUT2D eigenvalue weighted by Gasteiger charge is -2.12. The topological polar surface area (TPSA) is 49.4 Å². The number of nitrogens with one attached hydrogen (secondary N) is 1. The highest BCUT2D eigenvalue weighted by atomic mass is 16.2. The van der Waals surface area contributed by atoms with Gasteiger partial charge >= 0.3 is 0 Å². The van der Waals surface area contributed by atoms with E-state index in [0.29, 0.717) is 17.7 Å². The molecule has 0 saturated heterocycles. The van der Waals surface area contributed by atoms with Crippen molar-refractivity contribution in [2.75, 3.05) is 19.4 Å². The maximum Gasteiger partial charge on any atom is 0.253 e. The lowest BCUT2D eigenvalue weighted by Crippen LogP contribution is -2.22. The van der Waals surface area contributed by atoms with Crippen LogP contribution in [-0.4, -0.2) is 30.8 Å². The van der Waals surface area contributed by atoms with E-state index in [-0.39, 0.29) is 11.8 Å². The second-order valence-electron chi connectivity index (χ2n) is 6.43. The van der Waals surface area contributed by atoms with Gasteiger partial charge in [0.15, 0.2) is 0 Å². The van der Waals surface area contributed by atoms with E-state index < -0.39 is 0 Å². The van der Waals surface area contributed by atoms with Crippen LogP contribution in [0.25, 0.3) is 0 Å². The number of aryl methyl sites for hydroxylation is 1. The molecule has 4 heteroatoms. The van der Waals surface area contributed by atoms with Crippen LogP contribution in [0.2, 0.25) is 0 Å². The van der Waals surface area contributed by atoms with Crippen molar-refractivity contribution in [2.45, 2.75) is 32.6 Å². The number of benzene rings is 2. The van der Waals surface area contributed by atoms with Gasteiger partial charge in [-0.1, -0.05) is 43.7 Å². The average molecular weight is 338 g/mol. The Morgan fingerprint density at radius 1 is 1.00 bits per heavy atom. The largest absolute Gasteiger partial charge is 0.345 e. The first-order valence-electron chi connectivity index (χ1n) is 8.69. The fourth-order valence-corrected chi connectivity index (χ4v) is 2.58. The Hall–Kier alpha value is -2.62. The Morgan fingerprint density at radius 2 is 1.68 bits per heavy atom. The van der Waals surface area contributed by atoms with E-state index in [9.17, 15) is 9.59 Å². The van der Waals surface area contributed by atoms with Crippen LogP contribution < -0.4 is 5.32 Å². The Balaban J connectivity index is 1.96. The van der Waals surface area contributed by atoms with Crippen LogP contribution in [0.15, 0.2) is 48.5 Å². The Morgan fingerprint density at radius 3 is 2.32 bits per heavy atom. The minimum absolute atomic E-state index is 0.0845. The molecule has 2 rings (SSSR count). The number of carbonyl (C=O) groups is 2. The summed E-state index contributed by atoms with van der Waals surface area (Å²) in [7, 11) is 3.41. The minimum Gasteiger partial charge on any atom is -0.345 e. The summed E-state index contributed by atoms with van der Waals surface area (Å²) in [6.45, 7) is 2.18. The third kappa shape index (κ3) is 5.75. The van der Waals surface area contributed by atoms with Gasteiger partial charge in [-0.25, -0.2) is 0 Å². The van der Waals surface area contributed by atoms with Gasteiger partial charge in [0.25, 0.3) is 5.91 Å². The van der Waals surface area contributed by atoms with Gasteiger partial charge in [0, 0.05) is 25.3 Å². The van der Waals surface area contributed by atoms with Crippen LogP contribution in [0.1, 0.15) is 41.3 Å². The molecule has 0 spiro atoms. The van der Waals surface area contributed by atoms with E-state index >= 15 is 0 Å². The number of rotatable bonds is 7. The molecule has 0 heterocycles. The summed E-state index contributed by atoms with van der Waals surface area (Å²) in [6.07, 6.45) is 3.76. The van der Waals surface area contributed by atoms with Gasteiger partial charge in [0.2, 0.25) is 5.91 Å². The molecule has 0 aliphatic carbocycles. The van der Waals surface area contributed by atoms with Crippen molar-refractivity contribution in [3.63, 3.8) is 0 Å². The molecular weight excluding hydrogens is 312 g/mol. The summed E-state index contributed by atoms with van der Waals surface area (Å²) >= 11 is 0. The molecule has 0 unspecified atom stereocenters. The standard InChI is InChI=1S/C21H26N2O2/c1-4-5-7-16-10-12-17(13-11-16)14-20(24)22-19-9-6-8-18(15-19)21(25)23(2)3/h6,8-13,15H,4-5,7,14H2,1-3H3,(H,22,24). The third-order valence-corrected chi connectivity index (χ3v) is 4.01. The van der Waals surface area contributed by atoms with Crippen LogP contribution in [0.5, 0.6) is 0 Å². The first kappa shape index (κ1) is 18.7. The summed E-state index contributed by atoms with van der Waals surface area (Å²) in [5.41, 5.74) is 3.49. The summed E-state index contributed by atoms with van der Waals surface area (Å²) in [6, 6.07) is 15.2. The molecule has 1 N–H and O–H groups in total. The molecule has 4 nitrogen and oxygen atoms in total. The minimum atomic E-state index is -0.0873. The van der Waals surface area contributed by atoms with Crippen molar-refractivity contribution in [2.24, 2.45) is 0 Å². The van der Waals surface area contributed by atoms with Crippen LogP contribution in [0.4, 0.5) is 5.69 Å². The van der Waals surface area contributed by atoms with E-state index in [4.69, 9.17) is 0 Å². The summed E-state index contributed by atoms with van der Waals surface area (Å²) in [5.74, 6) is -0.172. The molecule has 2 amide bonds. The normalized spacial score (nSPS) is 10.4. The second kappa shape index (κ2) is 9.02. The van der Waals surface area contributed by atoms with Gasteiger partial charge in [-0.05, 0) is 42.2 Å². The zero-order valence-electron chi connectivity index (χ0n) is 15.2. The first-order chi connectivity index (χ1) is 12.0. The molecule has 2 aromatic carbocycles. The molecule has 132 valence electrons. The fourth-order valence-electron chi connectivity index (χ4n) is 2.58. The maximum absolute atomic E-state index is 12.2. The number of anilines is 1. The zero-order valence-corrected chi connectivity index (χ0v) is 15.2. The van der Waals surface area contributed by atoms with Crippen molar-refractivity contribution >= 4 is 17.5 Å². The van der Waals surface area contributed by atoms with Gasteiger partial charge in [-0.15, -0.1) is 0 Å². The Bertz CT molecular complexity index is 721. The van der Waals surface area contributed by atoms with Crippen LogP contribution in [0.3, 0.4) is 0 Å². The molecule has 25 heavy (non-hydrogen) atoms. The molecule has 0 radical (unpaired) electrons. The van der Waals surface area contributed by atoms with Crippen LogP contribution in [-0.2, 0) is 17.6 Å². The van der Waals surface area contributed by atoms with Crippen LogP contribution >= 0.6 is 0 Å². The molecule has 2 aromatic rings. The highest BCUT2D eigenvalue weighted by Crippen LogP contribution is 2.13. The second-order valence-corrected chi connectivity index (χ2v) is 6.43. The predicted molar refractivity (Wildman–Crippen MR) is 102 cm³/mol. The third-order valence-electron chi connectivity index (χ3n) is 4.01. The number of nitrogens with zero attached hydrogens (tertiary/aromatic N) is 1. The van der Waals surface area contributed by atoms with Gasteiger partial charge in [-0.3, -0.25) is 9.59 Å². The predicted octanol–water partition coefficient (Wildman–Crippen LogP) is 3.91. The number of amides is 2. The van der Waals surface area contributed by atoms with E-state index in [1.165, 1.54) is 23.3 Å². The highest BCUT2D eigenvalue weighted by molar-refractivity contribution is 5.97. The lowest BCUT2D eigenvalue weighted by molar-refractivity contribution is -0.115. The van der Waals surface area contributed by atoms with Crippen molar-refractivity contribution in [1.29, 1.82) is 0 Å². The Labute approximate surface area is 149 Å². The van der Waals surface area contributed by atoms with E-state index in [1.54, 1.807) is 38.4 Å². The Kier molecular flexibility index (Phi) is 6.75. The number of carbonyl (C=O) groups excluding carboxylic acids is 2. The molecule has 0 aromatic heterocycles. The smallest absolute Gasteiger partial charge is 0.253 e. The van der Waals surface area contributed by atoms with E-state index in [0.717, 1.165) is 12.0 Å². The van der Waals surface area contributed by atoms with Gasteiger partial charge < -0.3 is 10.2 Å². The number of hydrogen-bond acceptors (Lipinski definition) is 2. The highest BCUT2D eigenvalue weighted by Gasteiger charge is 2.10. The molecule has 0 saturated carbocycles. The average Bonchev–Trinajstić information content (AvgIpc) is 2.60. The molecule has 0 bridgehead atoms. The van der Waals surface area contributed by atoms with Gasteiger partial charge in [0.05, 0.1) is 6.42 Å². The summed E-state index contributed by atoms with van der Waals surface area (Å²) in [4.78, 5) is 25.8. The van der Waals surface area contributed by atoms with Gasteiger partial charge in [0.1, 0.15) is 0 Å². The summed E-state index contributed by atoms with van der Waals surface area (Å²) in [5, 5.41) is 2.86. The van der Waals surface area contributed by atoms with Crippen LogP contribution in [0, 0.1) is 0 Å². The molecule has 0 aliphatic rings. The van der Waals surface area contributed by atoms with E-state index in [2.05, 4.69) is 24.4 Å². The zero-order chi connectivity index (χ0) is 18.2. The van der Waals surface area contributed by atoms with Crippen molar-refractivity contribution in [3.05, 3.63) is 65.2 Å². The molecule has 0 aliphatic heterocycles. The number of hydrogen-bond donors (Lipinski definition) is 1. The molecule has 0 fully saturated rings. The SMILES string of the molecule is CCCCc1ccc(CC(=O)Nc2cccc(C(=O)N(C)C)c2)cc1. The van der Waals surface area contributed by atoms with Crippen molar-refractivity contribution in [3.8, 4) is 0 Å². The maximum atomic E-state index is 12.2. The van der Waals surface area contributed by atoms with Gasteiger partial charge in [-0.2, -0.15) is 0 Å². The number of unbranched alkanes of at least 4 members (excludes halogenated alkanes) is 1. The molecular formula is C21H26N2O2. The lowest BCUT2D eigenvalue weighted by atomic mass is 10.0. The monoisotopic (exact) mass is 338 g/mol. The fraction of sp³-hybridized carbons (Fsp3) is 0.333. The summed E-state index contributed by atoms with van der Waals surface area (Å²) < 4.78 is 0. The van der Waals surface area contributed by atoms with E-state index in [1.807, 2.05) is 12.1 Å². The quantitative estimate of drug-likeness (QED) is 0.832. The van der Waals surface area contributed by atoms with Crippen molar-refractivity contribution in [1.82, 2.24) is 4.90 Å². The first-order valence-corrected chi connectivity index (χ1v) is 8.69. The van der Waals surface area contributed by atoms with Crippen molar-refractivity contribution < 1.29 is 9.59 Å².